The number of aryl methyl sites for hydroxylation is 1. The summed E-state index contributed by atoms with van der Waals surface area (Å²) < 4.78 is 6.99. The van der Waals surface area contributed by atoms with Crippen molar-refractivity contribution in [2.24, 2.45) is 23.7 Å². The molecule has 2 N–H and O–H groups in total. The number of amides is 1. The lowest BCUT2D eigenvalue weighted by Crippen LogP contribution is -2.58. The minimum Gasteiger partial charge on any atom is -0.491 e. The van der Waals surface area contributed by atoms with Gasteiger partial charge in [0.2, 0.25) is 5.91 Å². The van der Waals surface area contributed by atoms with Crippen molar-refractivity contribution in [3.8, 4) is 5.75 Å². The predicted octanol–water partition coefficient (Wildman–Crippen LogP) is 2.90. The number of carbonyl (C=O) groups is 1. The number of thiazole rings is 1. The van der Waals surface area contributed by atoms with Gasteiger partial charge in [-0.1, -0.05) is 0 Å². The lowest BCUT2D eigenvalue weighted by atomic mass is 9.54. The molecule has 1 aromatic heterocycles. The fourth-order valence-corrected chi connectivity index (χ4v) is 8.19. The Morgan fingerprint density at radius 1 is 1.11 bits per heavy atom. The van der Waals surface area contributed by atoms with E-state index >= 15 is 0 Å². The summed E-state index contributed by atoms with van der Waals surface area (Å²) in [6, 6.07) is 6.34. The SMILES string of the molecule is Cc1nc2cc(OC[C@H](O)CN3CCN(CC(=O)NC4C5CC6CC(C5)CC4C6)CC3)ccc2s1. The van der Waals surface area contributed by atoms with Crippen LogP contribution in [-0.4, -0.2) is 83.8 Å². The van der Waals surface area contributed by atoms with E-state index < -0.39 is 6.10 Å². The largest absolute Gasteiger partial charge is 0.491 e. The first-order valence-corrected chi connectivity index (χ1v) is 14.2. The van der Waals surface area contributed by atoms with Crippen LogP contribution < -0.4 is 10.1 Å². The molecule has 0 spiro atoms. The number of benzene rings is 1. The molecule has 4 saturated carbocycles. The van der Waals surface area contributed by atoms with E-state index in [1.54, 1.807) is 11.3 Å². The molecular formula is C27H38N4O3S. The van der Waals surface area contributed by atoms with Crippen molar-refractivity contribution < 1.29 is 14.6 Å². The minimum atomic E-state index is -0.547. The number of aliphatic hydroxyl groups excluding tert-OH is 1. The van der Waals surface area contributed by atoms with Crippen LogP contribution in [0, 0.1) is 30.6 Å². The van der Waals surface area contributed by atoms with Crippen molar-refractivity contribution in [3.05, 3.63) is 23.2 Å². The normalized spacial score (nSPS) is 31.7. The second kappa shape index (κ2) is 9.96. The summed E-state index contributed by atoms with van der Waals surface area (Å²) in [7, 11) is 0. The fraction of sp³-hybridized carbons (Fsp3) is 0.704. The Bertz CT molecular complexity index is 1020. The number of aromatic nitrogens is 1. The van der Waals surface area contributed by atoms with Crippen LogP contribution in [0.1, 0.15) is 37.1 Å². The van der Waals surface area contributed by atoms with Gasteiger partial charge in [0.25, 0.3) is 0 Å². The molecular weight excluding hydrogens is 460 g/mol. The van der Waals surface area contributed by atoms with Gasteiger partial charge in [-0.25, -0.2) is 4.98 Å². The second-order valence-electron chi connectivity index (χ2n) is 11.4. The molecule has 1 amide bonds. The molecule has 0 unspecified atom stereocenters. The maximum absolute atomic E-state index is 12.8. The van der Waals surface area contributed by atoms with Gasteiger partial charge in [-0.05, 0) is 74.8 Å². The molecule has 1 aromatic carbocycles. The summed E-state index contributed by atoms with van der Waals surface area (Å²) in [6.45, 7) is 6.82. The highest BCUT2D eigenvalue weighted by Crippen LogP contribution is 2.53. The maximum atomic E-state index is 12.8. The van der Waals surface area contributed by atoms with Crippen molar-refractivity contribution in [2.75, 3.05) is 45.9 Å². The Hall–Kier alpha value is -1.74. The van der Waals surface area contributed by atoms with Crippen LogP contribution in [0.25, 0.3) is 10.2 Å². The van der Waals surface area contributed by atoms with Gasteiger partial charge in [0.15, 0.2) is 0 Å². The molecule has 4 bridgehead atoms. The lowest BCUT2D eigenvalue weighted by Gasteiger charge is -2.54. The number of β-amino-alcohol motifs (C(OH)–C–C–N with tert-alkyl or cyclic N) is 1. The second-order valence-corrected chi connectivity index (χ2v) is 12.7. The van der Waals surface area contributed by atoms with Crippen LogP contribution in [0.5, 0.6) is 5.75 Å². The number of nitrogens with one attached hydrogen (secondary N) is 1. The third-order valence-electron chi connectivity index (χ3n) is 8.76. The first-order valence-electron chi connectivity index (χ1n) is 13.4. The van der Waals surface area contributed by atoms with Crippen LogP contribution >= 0.6 is 11.3 Å². The number of piperazine rings is 1. The van der Waals surface area contributed by atoms with E-state index in [1.807, 2.05) is 25.1 Å². The van der Waals surface area contributed by atoms with Crippen molar-refractivity contribution in [3.63, 3.8) is 0 Å². The highest BCUT2D eigenvalue weighted by molar-refractivity contribution is 7.18. The summed E-state index contributed by atoms with van der Waals surface area (Å²) >= 11 is 1.67. The number of rotatable bonds is 8. The summed E-state index contributed by atoms with van der Waals surface area (Å²) in [5.41, 5.74) is 0.947. The van der Waals surface area contributed by atoms with E-state index in [2.05, 4.69) is 20.1 Å². The first kappa shape index (κ1) is 23.6. The van der Waals surface area contributed by atoms with Gasteiger partial charge in [0.05, 0.1) is 21.8 Å². The Morgan fingerprint density at radius 3 is 2.51 bits per heavy atom. The van der Waals surface area contributed by atoms with Gasteiger partial charge in [-0.15, -0.1) is 11.3 Å². The van der Waals surface area contributed by atoms with Gasteiger partial charge in [-0.2, -0.15) is 0 Å². The zero-order chi connectivity index (χ0) is 23.9. The molecule has 4 aliphatic carbocycles. The third-order valence-corrected chi connectivity index (χ3v) is 9.72. The number of hydrogen-bond donors (Lipinski definition) is 2. The summed E-state index contributed by atoms with van der Waals surface area (Å²) in [5.74, 6) is 4.27. The monoisotopic (exact) mass is 498 g/mol. The van der Waals surface area contributed by atoms with Gasteiger partial charge in [-0.3, -0.25) is 14.6 Å². The Morgan fingerprint density at radius 2 is 1.80 bits per heavy atom. The maximum Gasteiger partial charge on any atom is 0.234 e. The molecule has 5 fully saturated rings. The average Bonchev–Trinajstić information content (AvgIpc) is 3.20. The van der Waals surface area contributed by atoms with E-state index in [4.69, 9.17) is 4.74 Å². The number of carbonyl (C=O) groups excluding carboxylic acids is 1. The van der Waals surface area contributed by atoms with E-state index in [9.17, 15) is 9.90 Å². The quantitative estimate of drug-likeness (QED) is 0.583. The number of ether oxygens (including phenoxy) is 1. The summed E-state index contributed by atoms with van der Waals surface area (Å²) in [6.07, 6.45) is 6.24. The molecule has 1 saturated heterocycles. The topological polar surface area (TPSA) is 77.9 Å². The fourth-order valence-electron chi connectivity index (χ4n) is 7.38. The molecule has 190 valence electrons. The van der Waals surface area contributed by atoms with E-state index in [0.717, 1.165) is 70.8 Å². The lowest BCUT2D eigenvalue weighted by molar-refractivity contribution is -0.126. The standard InChI is InChI=1S/C27H38N4O3S/c1-17-28-24-13-23(2-3-25(24)35-17)34-16-22(32)14-30-4-6-31(7-5-30)15-26(33)29-27-20-9-18-8-19(11-20)12-21(27)10-18/h2-3,13,18-22,27,32H,4-12,14-16H2,1H3,(H,29,33)/t18?,19?,20?,21?,22-,27?/m1/s1. The Kier molecular flexibility index (Phi) is 6.73. The van der Waals surface area contributed by atoms with Gasteiger partial charge in [0, 0.05) is 44.8 Å². The van der Waals surface area contributed by atoms with Gasteiger partial charge >= 0.3 is 0 Å². The molecule has 7 nitrogen and oxygen atoms in total. The van der Waals surface area contributed by atoms with Crippen LogP contribution in [-0.2, 0) is 4.79 Å². The van der Waals surface area contributed by atoms with E-state index in [-0.39, 0.29) is 12.5 Å². The van der Waals surface area contributed by atoms with Crippen LogP contribution in [0.15, 0.2) is 18.2 Å². The summed E-state index contributed by atoms with van der Waals surface area (Å²) in [5, 5.41) is 15.0. The van der Waals surface area contributed by atoms with E-state index in [0.29, 0.717) is 19.1 Å². The number of hydrogen-bond acceptors (Lipinski definition) is 7. The predicted molar refractivity (Wildman–Crippen MR) is 138 cm³/mol. The molecule has 8 heteroatoms. The molecule has 0 radical (unpaired) electrons. The van der Waals surface area contributed by atoms with E-state index in [1.165, 1.54) is 32.1 Å². The molecule has 2 heterocycles. The molecule has 2 aromatic rings. The van der Waals surface area contributed by atoms with Crippen LogP contribution in [0.3, 0.4) is 0 Å². The first-order chi connectivity index (χ1) is 17.0. The molecule has 7 rings (SSSR count). The number of aliphatic hydroxyl groups is 1. The zero-order valence-electron chi connectivity index (χ0n) is 20.7. The zero-order valence-corrected chi connectivity index (χ0v) is 21.5. The van der Waals surface area contributed by atoms with Crippen LogP contribution in [0.4, 0.5) is 0 Å². The molecule has 1 atom stereocenters. The summed E-state index contributed by atoms with van der Waals surface area (Å²) in [4.78, 5) is 21.9. The van der Waals surface area contributed by atoms with Crippen molar-refractivity contribution in [1.82, 2.24) is 20.1 Å². The molecule has 1 aliphatic heterocycles. The van der Waals surface area contributed by atoms with Gasteiger partial charge < -0.3 is 15.2 Å². The smallest absolute Gasteiger partial charge is 0.234 e. The Balaban J connectivity index is 0.908. The number of nitrogens with zero attached hydrogens (tertiary/aromatic N) is 3. The molecule has 35 heavy (non-hydrogen) atoms. The van der Waals surface area contributed by atoms with Crippen molar-refractivity contribution in [1.29, 1.82) is 0 Å². The molecule has 5 aliphatic rings. The third kappa shape index (κ3) is 5.36. The van der Waals surface area contributed by atoms with Crippen LogP contribution in [0.2, 0.25) is 0 Å². The van der Waals surface area contributed by atoms with Crippen molar-refractivity contribution in [2.45, 2.75) is 51.2 Å². The highest BCUT2D eigenvalue weighted by atomic mass is 32.1. The highest BCUT2D eigenvalue weighted by Gasteiger charge is 2.48. The minimum absolute atomic E-state index is 0.205. The van der Waals surface area contributed by atoms with Gasteiger partial charge in [0.1, 0.15) is 18.5 Å². The Labute approximate surface area is 211 Å². The average molecular weight is 499 g/mol. The van der Waals surface area contributed by atoms with Crippen molar-refractivity contribution >= 4 is 27.5 Å². The number of fused-ring (bicyclic) bond motifs is 1.